The molecule has 0 rings (SSSR count). The van der Waals surface area contributed by atoms with Gasteiger partial charge in [-0.3, -0.25) is 4.99 Å². The van der Waals surface area contributed by atoms with Crippen LogP contribution in [-0.2, 0) is 0 Å². The van der Waals surface area contributed by atoms with Gasteiger partial charge in [0.15, 0.2) is 0 Å². The van der Waals surface area contributed by atoms with Crippen molar-refractivity contribution in [3.63, 3.8) is 0 Å². The van der Waals surface area contributed by atoms with E-state index in [4.69, 9.17) is 11.5 Å². The van der Waals surface area contributed by atoms with Crippen molar-refractivity contribution in [2.24, 2.45) is 16.5 Å². The predicted molar refractivity (Wildman–Crippen MR) is 49.6 cm³/mol. The van der Waals surface area contributed by atoms with E-state index in [0.29, 0.717) is 6.54 Å². The van der Waals surface area contributed by atoms with Gasteiger partial charge < -0.3 is 11.5 Å². The Bertz CT molecular complexity index is 164. The zero-order chi connectivity index (χ0) is 8.85. The van der Waals surface area contributed by atoms with Crippen molar-refractivity contribution in [3.8, 4) is 0 Å². The van der Waals surface area contributed by atoms with E-state index in [1.807, 2.05) is 26.8 Å². The van der Waals surface area contributed by atoms with Crippen molar-refractivity contribution in [2.45, 2.75) is 26.8 Å². The number of nitrogens with zero attached hydrogens (tertiary/aromatic N) is 1. The molecule has 0 aromatic heterocycles. The first-order chi connectivity index (χ1) is 5.02. The zero-order valence-electron chi connectivity index (χ0n) is 7.46. The number of hydrogen-bond acceptors (Lipinski definition) is 3. The van der Waals surface area contributed by atoms with Gasteiger partial charge in [-0.2, -0.15) is 0 Å². The number of aliphatic imine (C=N–C) groups is 1. The van der Waals surface area contributed by atoms with Gasteiger partial charge in [-0.15, -0.1) is 0 Å². The van der Waals surface area contributed by atoms with Crippen molar-refractivity contribution in [2.75, 3.05) is 6.54 Å². The molecule has 0 amide bonds. The highest BCUT2D eigenvalue weighted by molar-refractivity contribution is 5.93. The predicted octanol–water partition coefficient (Wildman–Crippen LogP) is 0.657. The van der Waals surface area contributed by atoms with Crippen LogP contribution in [0.3, 0.4) is 0 Å². The highest BCUT2D eigenvalue weighted by Crippen LogP contribution is 1.86. The first-order valence-corrected chi connectivity index (χ1v) is 3.72. The summed E-state index contributed by atoms with van der Waals surface area (Å²) >= 11 is 0. The van der Waals surface area contributed by atoms with Gasteiger partial charge in [0.25, 0.3) is 0 Å². The quantitative estimate of drug-likeness (QED) is 0.588. The molecule has 0 radical (unpaired) electrons. The molecule has 0 aromatic carbocycles. The third kappa shape index (κ3) is 7.06. The van der Waals surface area contributed by atoms with Crippen molar-refractivity contribution in [1.82, 2.24) is 0 Å². The maximum Gasteiger partial charge on any atom is 0.0541 e. The van der Waals surface area contributed by atoms with E-state index in [-0.39, 0.29) is 6.04 Å². The molecule has 0 saturated heterocycles. The smallest absolute Gasteiger partial charge is 0.0541 e. The fourth-order valence-corrected chi connectivity index (χ4v) is 0.663. The molecule has 0 spiro atoms. The van der Waals surface area contributed by atoms with Gasteiger partial charge in [0.2, 0.25) is 0 Å². The summed E-state index contributed by atoms with van der Waals surface area (Å²) in [6.45, 7) is 6.34. The topological polar surface area (TPSA) is 64.4 Å². The first-order valence-electron chi connectivity index (χ1n) is 3.72. The van der Waals surface area contributed by atoms with Gasteiger partial charge in [0.05, 0.1) is 6.54 Å². The second kappa shape index (κ2) is 4.91. The molecule has 3 nitrogen and oxygen atoms in total. The Kier molecular flexibility index (Phi) is 4.54. The maximum atomic E-state index is 5.51. The molecule has 0 aliphatic rings. The highest BCUT2D eigenvalue weighted by atomic mass is 14.8. The van der Waals surface area contributed by atoms with Gasteiger partial charge in [0, 0.05) is 17.5 Å². The summed E-state index contributed by atoms with van der Waals surface area (Å²) in [4.78, 5) is 4.20. The van der Waals surface area contributed by atoms with Gasteiger partial charge in [-0.1, -0.05) is 0 Å². The van der Waals surface area contributed by atoms with Crippen LogP contribution in [0, 0.1) is 0 Å². The summed E-state index contributed by atoms with van der Waals surface area (Å²) in [6.07, 6.45) is 1.84. The molecule has 64 valence electrons. The van der Waals surface area contributed by atoms with E-state index in [0.717, 1.165) is 11.4 Å². The highest BCUT2D eigenvalue weighted by Gasteiger charge is 1.90. The van der Waals surface area contributed by atoms with Crippen LogP contribution in [0.2, 0.25) is 0 Å². The van der Waals surface area contributed by atoms with E-state index < -0.39 is 0 Å². The SMILES string of the molecule is CC(/C=C(/C)N)=NCC(C)N. The van der Waals surface area contributed by atoms with Gasteiger partial charge in [-0.25, -0.2) is 0 Å². The van der Waals surface area contributed by atoms with Crippen LogP contribution in [-0.4, -0.2) is 18.3 Å². The fourth-order valence-electron chi connectivity index (χ4n) is 0.663. The van der Waals surface area contributed by atoms with E-state index in [9.17, 15) is 0 Å². The standard InChI is InChI=1S/C8H17N3/c1-6(9)4-8(3)11-5-7(2)10/h4,7H,5,9-10H2,1-3H3/b6-4-,11-8?. The van der Waals surface area contributed by atoms with Gasteiger partial charge in [-0.05, 0) is 26.8 Å². The first kappa shape index (κ1) is 10.2. The summed E-state index contributed by atoms with van der Waals surface area (Å²) < 4.78 is 0. The Hall–Kier alpha value is -0.830. The Morgan fingerprint density at radius 2 is 2.09 bits per heavy atom. The monoisotopic (exact) mass is 155 g/mol. The average Bonchev–Trinajstić information content (AvgIpc) is 1.82. The summed E-state index contributed by atoms with van der Waals surface area (Å²) in [6, 6.07) is 0.122. The second-order valence-corrected chi connectivity index (χ2v) is 2.85. The number of hydrogen-bond donors (Lipinski definition) is 2. The van der Waals surface area contributed by atoms with E-state index in [1.54, 1.807) is 0 Å². The lowest BCUT2D eigenvalue weighted by atomic mass is 10.3. The molecule has 1 unspecified atom stereocenters. The third-order valence-corrected chi connectivity index (χ3v) is 1.07. The largest absolute Gasteiger partial charge is 0.402 e. The van der Waals surface area contributed by atoms with Gasteiger partial charge >= 0.3 is 0 Å². The molecule has 0 bridgehead atoms. The van der Waals surface area contributed by atoms with Crippen molar-refractivity contribution in [1.29, 1.82) is 0 Å². The molecule has 4 N–H and O–H groups in total. The molecule has 0 aliphatic carbocycles. The lowest BCUT2D eigenvalue weighted by Gasteiger charge is -1.99. The third-order valence-electron chi connectivity index (χ3n) is 1.07. The Labute approximate surface area is 68.2 Å². The van der Waals surface area contributed by atoms with Crippen LogP contribution in [0.5, 0.6) is 0 Å². The summed E-state index contributed by atoms with van der Waals surface area (Å²) in [5.74, 6) is 0. The van der Waals surface area contributed by atoms with Crippen LogP contribution in [0.15, 0.2) is 16.8 Å². The Balaban J connectivity index is 3.92. The average molecular weight is 155 g/mol. The molecule has 11 heavy (non-hydrogen) atoms. The minimum atomic E-state index is 0.122. The summed E-state index contributed by atoms with van der Waals surface area (Å²) in [5, 5.41) is 0. The molecule has 0 heterocycles. The normalized spacial score (nSPS) is 16.7. The van der Waals surface area contributed by atoms with Crippen molar-refractivity contribution < 1.29 is 0 Å². The minimum Gasteiger partial charge on any atom is -0.402 e. The summed E-state index contributed by atoms with van der Waals surface area (Å²) in [7, 11) is 0. The molecule has 3 heteroatoms. The minimum absolute atomic E-state index is 0.122. The Morgan fingerprint density at radius 1 is 1.55 bits per heavy atom. The molecular formula is C8H17N3. The van der Waals surface area contributed by atoms with Crippen LogP contribution in [0.25, 0.3) is 0 Å². The van der Waals surface area contributed by atoms with E-state index in [2.05, 4.69) is 4.99 Å². The van der Waals surface area contributed by atoms with Crippen LogP contribution in [0.4, 0.5) is 0 Å². The van der Waals surface area contributed by atoms with E-state index in [1.165, 1.54) is 0 Å². The summed E-state index contributed by atoms with van der Waals surface area (Å²) in [5.41, 5.74) is 12.7. The van der Waals surface area contributed by atoms with Crippen molar-refractivity contribution in [3.05, 3.63) is 11.8 Å². The van der Waals surface area contributed by atoms with Crippen LogP contribution >= 0.6 is 0 Å². The molecule has 0 fully saturated rings. The zero-order valence-corrected chi connectivity index (χ0v) is 7.46. The number of allylic oxidation sites excluding steroid dienone is 2. The van der Waals surface area contributed by atoms with E-state index >= 15 is 0 Å². The molecule has 0 saturated carbocycles. The number of nitrogens with two attached hydrogens (primary N) is 2. The van der Waals surface area contributed by atoms with Gasteiger partial charge in [0.1, 0.15) is 0 Å². The lowest BCUT2D eigenvalue weighted by Crippen LogP contribution is -2.19. The fraction of sp³-hybridized carbons (Fsp3) is 0.625. The molecular weight excluding hydrogens is 138 g/mol. The molecule has 0 aromatic rings. The van der Waals surface area contributed by atoms with Crippen LogP contribution < -0.4 is 11.5 Å². The second-order valence-electron chi connectivity index (χ2n) is 2.85. The molecule has 1 atom stereocenters. The Morgan fingerprint density at radius 3 is 2.45 bits per heavy atom. The molecule has 0 aliphatic heterocycles. The lowest BCUT2D eigenvalue weighted by molar-refractivity contribution is 0.754. The van der Waals surface area contributed by atoms with Crippen molar-refractivity contribution >= 4 is 5.71 Å². The maximum absolute atomic E-state index is 5.51. The number of rotatable bonds is 3. The van der Waals surface area contributed by atoms with Crippen LogP contribution in [0.1, 0.15) is 20.8 Å².